The van der Waals surface area contributed by atoms with Crippen molar-refractivity contribution < 1.29 is 19.5 Å². The van der Waals surface area contributed by atoms with Crippen molar-refractivity contribution in [2.24, 2.45) is 10.8 Å². The van der Waals surface area contributed by atoms with E-state index in [0.717, 1.165) is 16.1 Å². The summed E-state index contributed by atoms with van der Waals surface area (Å²) in [5.41, 5.74) is 2.91. The largest absolute Gasteiger partial charge is 0.508 e. The monoisotopic (exact) mass is 537 g/mol. The van der Waals surface area contributed by atoms with Gasteiger partial charge < -0.3 is 20.6 Å². The number of carbonyl (C=O) groups excluding carboxylic acids is 3. The molecular weight excluding hydrogens is 502 g/mol. The maximum absolute atomic E-state index is 13.6. The number of nitriles is 1. The zero-order valence-corrected chi connectivity index (χ0v) is 23.2. The summed E-state index contributed by atoms with van der Waals surface area (Å²) < 4.78 is 0. The number of hydrogen-bond donors (Lipinski definition) is 3. The minimum Gasteiger partial charge on any atom is -0.508 e. The fourth-order valence-electron chi connectivity index (χ4n) is 4.85. The van der Waals surface area contributed by atoms with Gasteiger partial charge in [-0.05, 0) is 49.7 Å². The topological polar surface area (TPSA) is 135 Å². The second-order valence-corrected chi connectivity index (χ2v) is 12.3. The van der Waals surface area contributed by atoms with Crippen molar-refractivity contribution in [1.29, 1.82) is 5.26 Å². The smallest absolute Gasteiger partial charge is 0.246 e. The predicted molar refractivity (Wildman–Crippen MR) is 144 cm³/mol. The van der Waals surface area contributed by atoms with Gasteiger partial charge in [-0.3, -0.25) is 14.4 Å². The molecule has 1 saturated carbocycles. The van der Waals surface area contributed by atoms with E-state index in [-0.39, 0.29) is 36.4 Å². The molecule has 1 aliphatic heterocycles. The van der Waals surface area contributed by atoms with E-state index < -0.39 is 22.9 Å². The molecule has 9 nitrogen and oxygen atoms in total. The van der Waals surface area contributed by atoms with E-state index in [1.807, 2.05) is 33.8 Å². The second kappa shape index (κ2) is 10.7. The van der Waals surface area contributed by atoms with E-state index in [2.05, 4.69) is 21.7 Å². The molecular formula is C28H35N5O4S. The average molecular weight is 538 g/mol. The Bertz CT molecular complexity index is 1270. The van der Waals surface area contributed by atoms with Gasteiger partial charge >= 0.3 is 0 Å². The average Bonchev–Trinajstić information content (AvgIpc) is 3.24. The van der Waals surface area contributed by atoms with Crippen LogP contribution in [0, 0.1) is 29.1 Å². The van der Waals surface area contributed by atoms with Crippen molar-refractivity contribution in [3.63, 3.8) is 0 Å². The third kappa shape index (κ3) is 5.99. The van der Waals surface area contributed by atoms with Crippen LogP contribution in [0.15, 0.2) is 23.7 Å². The van der Waals surface area contributed by atoms with Crippen molar-refractivity contribution >= 4 is 29.1 Å². The highest BCUT2D eigenvalue weighted by molar-refractivity contribution is 7.13. The zero-order chi connectivity index (χ0) is 27.7. The number of aryl methyl sites for hydroxylation is 1. The minimum absolute atomic E-state index is 0.0799. The molecule has 0 radical (unpaired) electrons. The molecule has 3 amide bonds. The molecule has 2 aliphatic rings. The number of benzene rings is 1. The van der Waals surface area contributed by atoms with E-state index in [1.165, 1.54) is 11.3 Å². The number of phenolic OH excluding ortho intramolecular Hbond substituents is 1. The van der Waals surface area contributed by atoms with Gasteiger partial charge in [-0.1, -0.05) is 32.9 Å². The summed E-state index contributed by atoms with van der Waals surface area (Å²) in [7, 11) is 0. The number of thiazole rings is 1. The van der Waals surface area contributed by atoms with Gasteiger partial charge in [0.15, 0.2) is 0 Å². The first kappa shape index (κ1) is 27.6. The first-order chi connectivity index (χ1) is 17.9. The van der Waals surface area contributed by atoms with Gasteiger partial charge in [-0.15, -0.1) is 11.3 Å². The molecule has 1 aromatic carbocycles. The molecule has 2 aromatic rings. The highest BCUT2D eigenvalue weighted by Gasteiger charge is 2.47. The lowest BCUT2D eigenvalue weighted by Crippen LogP contribution is -2.57. The normalized spacial score (nSPS) is 18.9. The highest BCUT2D eigenvalue weighted by atomic mass is 32.1. The van der Waals surface area contributed by atoms with Gasteiger partial charge in [0, 0.05) is 25.1 Å². The Morgan fingerprint density at radius 1 is 1.32 bits per heavy atom. The van der Waals surface area contributed by atoms with Crippen LogP contribution in [-0.4, -0.2) is 51.3 Å². The van der Waals surface area contributed by atoms with Crippen molar-refractivity contribution in [2.75, 3.05) is 6.54 Å². The van der Waals surface area contributed by atoms with Crippen molar-refractivity contribution in [1.82, 2.24) is 20.5 Å². The fourth-order valence-corrected chi connectivity index (χ4v) is 5.65. The Morgan fingerprint density at radius 2 is 2.05 bits per heavy atom. The van der Waals surface area contributed by atoms with Crippen LogP contribution in [0.3, 0.4) is 0 Å². The summed E-state index contributed by atoms with van der Waals surface area (Å²) in [6, 6.07) is 6.09. The molecule has 4 rings (SSSR count). The van der Waals surface area contributed by atoms with E-state index in [1.54, 1.807) is 22.5 Å². The summed E-state index contributed by atoms with van der Waals surface area (Å²) in [4.78, 5) is 46.3. The van der Waals surface area contributed by atoms with Crippen molar-refractivity contribution in [3.05, 3.63) is 35.0 Å². The first-order valence-corrected chi connectivity index (χ1v) is 13.8. The van der Waals surface area contributed by atoms with Gasteiger partial charge in [-0.25, -0.2) is 4.98 Å². The number of nitrogens with one attached hydrogen (secondary N) is 2. The predicted octanol–water partition coefficient (Wildman–Crippen LogP) is 3.66. The van der Waals surface area contributed by atoms with Gasteiger partial charge in [0.1, 0.15) is 17.8 Å². The van der Waals surface area contributed by atoms with Crippen LogP contribution in [0.2, 0.25) is 0 Å². The molecule has 0 spiro atoms. The van der Waals surface area contributed by atoms with Crippen LogP contribution < -0.4 is 10.6 Å². The van der Waals surface area contributed by atoms with Gasteiger partial charge in [-0.2, -0.15) is 5.26 Å². The SMILES string of the molecule is Cc1ncsc1-c1ccc(CNC(=O)[C@@H]2CCCN2C(=O)C(NC(=O)CC2(C#N)CC2)C(C)(C)C)c(O)c1. The lowest BCUT2D eigenvalue weighted by molar-refractivity contribution is -0.144. The van der Waals surface area contributed by atoms with Crippen LogP contribution in [0.5, 0.6) is 5.75 Å². The van der Waals surface area contributed by atoms with E-state index in [4.69, 9.17) is 0 Å². The Labute approximate surface area is 227 Å². The summed E-state index contributed by atoms with van der Waals surface area (Å²) in [6.45, 7) is 8.09. The molecule has 1 unspecified atom stereocenters. The molecule has 1 aromatic heterocycles. The maximum Gasteiger partial charge on any atom is 0.246 e. The Balaban J connectivity index is 1.40. The number of likely N-dealkylation sites (tertiary alicyclic amines) is 1. The van der Waals surface area contributed by atoms with Crippen LogP contribution >= 0.6 is 11.3 Å². The summed E-state index contributed by atoms with van der Waals surface area (Å²) in [5.74, 6) is -0.823. The molecule has 1 saturated heterocycles. The minimum atomic E-state index is -0.815. The van der Waals surface area contributed by atoms with Crippen molar-refractivity contribution in [3.8, 4) is 22.3 Å². The molecule has 10 heteroatoms. The lowest BCUT2D eigenvalue weighted by atomic mass is 9.85. The number of amides is 3. The number of nitrogens with zero attached hydrogens (tertiary/aromatic N) is 3. The molecule has 0 bridgehead atoms. The fraction of sp³-hybridized carbons (Fsp3) is 0.536. The molecule has 2 fully saturated rings. The number of aromatic hydroxyl groups is 1. The summed E-state index contributed by atoms with van der Waals surface area (Å²) in [5, 5.41) is 25.6. The second-order valence-electron chi connectivity index (χ2n) is 11.5. The quantitative estimate of drug-likeness (QED) is 0.470. The lowest BCUT2D eigenvalue weighted by Gasteiger charge is -2.35. The molecule has 1 aliphatic carbocycles. The summed E-state index contributed by atoms with van der Waals surface area (Å²) >= 11 is 1.50. The van der Waals surface area contributed by atoms with Crippen LogP contribution in [0.1, 0.15) is 64.1 Å². The Kier molecular flexibility index (Phi) is 7.79. The van der Waals surface area contributed by atoms with Gasteiger partial charge in [0.05, 0.1) is 27.6 Å². The highest BCUT2D eigenvalue weighted by Crippen LogP contribution is 2.48. The third-order valence-corrected chi connectivity index (χ3v) is 8.37. The number of hydrogen-bond acceptors (Lipinski definition) is 7. The molecule has 2 atom stereocenters. The molecule has 3 N–H and O–H groups in total. The Hall–Kier alpha value is -3.45. The number of aromatic nitrogens is 1. The number of carbonyl (C=O) groups is 3. The van der Waals surface area contributed by atoms with Crippen LogP contribution in [0.4, 0.5) is 0 Å². The standard InChI is InChI=1S/C28H35N5O4S/c1-17-23(38-16-31-17)18-7-8-19(21(34)12-18)14-30-25(36)20-6-5-11-33(20)26(37)24(27(2,3)4)32-22(35)13-28(15-29)9-10-28/h7-8,12,16,20,24,34H,5-6,9-11,13-14H2,1-4H3,(H,30,36)(H,32,35)/t20-,24?/m0/s1. The van der Waals surface area contributed by atoms with Crippen LogP contribution in [-0.2, 0) is 20.9 Å². The molecule has 202 valence electrons. The summed E-state index contributed by atoms with van der Waals surface area (Å²) in [6.07, 6.45) is 2.68. The van der Waals surface area contributed by atoms with Crippen molar-refractivity contribution in [2.45, 2.75) is 78.4 Å². The third-order valence-electron chi connectivity index (χ3n) is 7.39. The zero-order valence-electron chi connectivity index (χ0n) is 22.3. The van der Waals surface area contributed by atoms with E-state index >= 15 is 0 Å². The maximum atomic E-state index is 13.6. The van der Waals surface area contributed by atoms with Gasteiger partial charge in [0.25, 0.3) is 0 Å². The first-order valence-electron chi connectivity index (χ1n) is 13.0. The van der Waals surface area contributed by atoms with Crippen LogP contribution in [0.25, 0.3) is 10.4 Å². The number of phenols is 1. The number of rotatable bonds is 8. The van der Waals surface area contributed by atoms with Gasteiger partial charge in [0.2, 0.25) is 17.7 Å². The molecule has 2 heterocycles. The Morgan fingerprint density at radius 3 is 2.63 bits per heavy atom. The van der Waals surface area contributed by atoms with E-state index in [0.29, 0.717) is 37.8 Å². The van der Waals surface area contributed by atoms with E-state index in [9.17, 15) is 24.8 Å². The molecule has 38 heavy (non-hydrogen) atoms.